The van der Waals surface area contributed by atoms with Gasteiger partial charge in [-0.1, -0.05) is 12.2 Å². The Labute approximate surface area is 105 Å². The van der Waals surface area contributed by atoms with Crippen LogP contribution in [0.1, 0.15) is 6.92 Å². The van der Waals surface area contributed by atoms with E-state index >= 15 is 0 Å². The van der Waals surface area contributed by atoms with E-state index in [0.717, 1.165) is 33.7 Å². The normalized spacial score (nSPS) is 12.7. The third-order valence-corrected chi connectivity index (χ3v) is 2.82. The molecule has 0 aliphatic carbocycles. The zero-order valence-corrected chi connectivity index (χ0v) is 10.2. The van der Waals surface area contributed by atoms with Gasteiger partial charge in [-0.2, -0.15) is 0 Å². The number of nitrogens with one attached hydrogen (secondary N) is 1. The van der Waals surface area contributed by atoms with Gasteiger partial charge in [0.2, 0.25) is 6.79 Å². The van der Waals surface area contributed by atoms with Gasteiger partial charge in [-0.05, 0) is 30.5 Å². The number of ether oxygens (including phenoxy) is 2. The first-order valence-electron chi connectivity index (χ1n) is 5.80. The van der Waals surface area contributed by atoms with Crippen molar-refractivity contribution in [3.8, 4) is 11.5 Å². The predicted molar refractivity (Wildman–Crippen MR) is 71.2 cm³/mol. The average molecular weight is 242 g/mol. The molecule has 1 N–H and O–H groups in total. The molecular weight excluding hydrogens is 228 g/mol. The van der Waals surface area contributed by atoms with Gasteiger partial charge in [0.05, 0.1) is 0 Å². The topological polar surface area (TPSA) is 43.4 Å². The summed E-state index contributed by atoms with van der Waals surface area (Å²) < 4.78 is 10.8. The summed E-state index contributed by atoms with van der Waals surface area (Å²) in [6, 6.07) is 5.90. The maximum atomic E-state index is 5.39. The summed E-state index contributed by atoms with van der Waals surface area (Å²) in [6.45, 7) is 6.85. The molecule has 92 valence electrons. The summed E-state index contributed by atoms with van der Waals surface area (Å²) in [7, 11) is 0. The fourth-order valence-electron chi connectivity index (χ4n) is 1.94. The van der Waals surface area contributed by atoms with Gasteiger partial charge in [-0.3, -0.25) is 0 Å². The summed E-state index contributed by atoms with van der Waals surface area (Å²) in [5.74, 6) is 2.40. The van der Waals surface area contributed by atoms with Crippen molar-refractivity contribution in [3.05, 3.63) is 36.5 Å². The highest BCUT2D eigenvalue weighted by Crippen LogP contribution is 2.37. The van der Waals surface area contributed by atoms with Crippen molar-refractivity contribution in [3.63, 3.8) is 0 Å². The SMILES string of the molecule is C=C(C)CNc1nccc2cc3c(cc12)OCO3. The summed E-state index contributed by atoms with van der Waals surface area (Å²) >= 11 is 0. The van der Waals surface area contributed by atoms with E-state index in [1.165, 1.54) is 0 Å². The van der Waals surface area contributed by atoms with Crippen molar-refractivity contribution in [1.29, 1.82) is 0 Å². The van der Waals surface area contributed by atoms with Crippen molar-refractivity contribution in [1.82, 2.24) is 4.98 Å². The van der Waals surface area contributed by atoms with Crippen LogP contribution < -0.4 is 14.8 Å². The van der Waals surface area contributed by atoms with Gasteiger partial charge in [0.15, 0.2) is 11.5 Å². The van der Waals surface area contributed by atoms with E-state index in [9.17, 15) is 0 Å². The zero-order valence-electron chi connectivity index (χ0n) is 10.2. The minimum atomic E-state index is 0.285. The van der Waals surface area contributed by atoms with Crippen LogP contribution in [0.2, 0.25) is 0 Å². The lowest BCUT2D eigenvalue weighted by Gasteiger charge is -2.09. The van der Waals surface area contributed by atoms with Crippen LogP contribution in [-0.4, -0.2) is 18.3 Å². The third kappa shape index (κ3) is 1.86. The molecule has 0 fully saturated rings. The first-order valence-corrected chi connectivity index (χ1v) is 5.80. The molecule has 0 spiro atoms. The second-order valence-corrected chi connectivity index (χ2v) is 4.40. The van der Waals surface area contributed by atoms with Crippen LogP contribution in [0.15, 0.2) is 36.5 Å². The first kappa shape index (κ1) is 10.9. The molecule has 4 heteroatoms. The second kappa shape index (κ2) is 4.22. The minimum Gasteiger partial charge on any atom is -0.454 e. The minimum absolute atomic E-state index is 0.285. The lowest BCUT2D eigenvalue weighted by atomic mass is 10.1. The molecule has 0 atom stereocenters. The molecule has 0 radical (unpaired) electrons. The van der Waals surface area contributed by atoms with Gasteiger partial charge in [0, 0.05) is 18.1 Å². The summed E-state index contributed by atoms with van der Waals surface area (Å²) in [4.78, 5) is 4.36. The molecular formula is C14H14N2O2. The molecule has 2 aromatic rings. The van der Waals surface area contributed by atoms with E-state index in [-0.39, 0.29) is 6.79 Å². The Morgan fingerprint density at radius 1 is 1.39 bits per heavy atom. The molecule has 1 aliphatic heterocycles. The Bertz CT molecular complexity index is 622. The number of pyridine rings is 1. The Morgan fingerprint density at radius 3 is 2.94 bits per heavy atom. The van der Waals surface area contributed by atoms with Crippen LogP contribution in [0, 0.1) is 0 Å². The number of hydrogen-bond acceptors (Lipinski definition) is 4. The molecule has 0 amide bonds. The molecule has 4 nitrogen and oxygen atoms in total. The number of benzene rings is 1. The van der Waals surface area contributed by atoms with Gasteiger partial charge in [0.1, 0.15) is 5.82 Å². The quantitative estimate of drug-likeness (QED) is 0.840. The van der Waals surface area contributed by atoms with E-state index in [1.54, 1.807) is 6.20 Å². The summed E-state index contributed by atoms with van der Waals surface area (Å²) in [5, 5.41) is 5.38. The van der Waals surface area contributed by atoms with E-state index in [4.69, 9.17) is 9.47 Å². The molecule has 0 saturated heterocycles. The zero-order chi connectivity index (χ0) is 12.5. The first-order chi connectivity index (χ1) is 8.74. The van der Waals surface area contributed by atoms with Crippen LogP contribution >= 0.6 is 0 Å². The Balaban J connectivity index is 2.06. The summed E-state index contributed by atoms with van der Waals surface area (Å²) in [6.07, 6.45) is 1.78. The number of nitrogens with zero attached hydrogens (tertiary/aromatic N) is 1. The van der Waals surface area contributed by atoms with E-state index in [0.29, 0.717) is 6.54 Å². The van der Waals surface area contributed by atoms with Gasteiger partial charge in [0.25, 0.3) is 0 Å². The van der Waals surface area contributed by atoms with Gasteiger partial charge in [-0.15, -0.1) is 0 Å². The predicted octanol–water partition coefficient (Wildman–Crippen LogP) is 2.95. The number of hydrogen-bond donors (Lipinski definition) is 1. The standard InChI is InChI=1S/C14H14N2O2/c1-9(2)7-16-14-11-6-13-12(17-8-18-13)5-10(11)3-4-15-14/h3-6H,1,7-8H2,2H3,(H,15,16). The lowest BCUT2D eigenvalue weighted by molar-refractivity contribution is 0.174. The monoisotopic (exact) mass is 242 g/mol. The van der Waals surface area contributed by atoms with Crippen molar-refractivity contribution in [2.24, 2.45) is 0 Å². The highest BCUT2D eigenvalue weighted by Gasteiger charge is 2.15. The van der Waals surface area contributed by atoms with Crippen molar-refractivity contribution < 1.29 is 9.47 Å². The Kier molecular flexibility index (Phi) is 2.55. The van der Waals surface area contributed by atoms with Crippen molar-refractivity contribution in [2.75, 3.05) is 18.7 Å². The molecule has 3 rings (SSSR count). The fourth-order valence-corrected chi connectivity index (χ4v) is 1.94. The van der Waals surface area contributed by atoms with Gasteiger partial charge >= 0.3 is 0 Å². The highest BCUT2D eigenvalue weighted by molar-refractivity contribution is 5.94. The van der Waals surface area contributed by atoms with Crippen LogP contribution in [0.4, 0.5) is 5.82 Å². The van der Waals surface area contributed by atoms with Crippen LogP contribution in [-0.2, 0) is 0 Å². The average Bonchev–Trinajstić information content (AvgIpc) is 2.80. The van der Waals surface area contributed by atoms with Crippen LogP contribution in [0.5, 0.6) is 11.5 Å². The van der Waals surface area contributed by atoms with Crippen molar-refractivity contribution in [2.45, 2.75) is 6.92 Å². The maximum absolute atomic E-state index is 5.39. The van der Waals surface area contributed by atoms with E-state index in [2.05, 4.69) is 16.9 Å². The molecule has 1 aromatic heterocycles. The van der Waals surface area contributed by atoms with Gasteiger partial charge in [-0.25, -0.2) is 4.98 Å². The molecule has 0 unspecified atom stereocenters. The van der Waals surface area contributed by atoms with Crippen molar-refractivity contribution >= 4 is 16.6 Å². The number of fused-ring (bicyclic) bond motifs is 2. The van der Waals surface area contributed by atoms with Gasteiger partial charge < -0.3 is 14.8 Å². The van der Waals surface area contributed by atoms with E-state index < -0.39 is 0 Å². The fraction of sp³-hybridized carbons (Fsp3) is 0.214. The Hall–Kier alpha value is -2.23. The number of aromatic nitrogens is 1. The van der Waals surface area contributed by atoms with Crippen LogP contribution in [0.3, 0.4) is 0 Å². The number of anilines is 1. The smallest absolute Gasteiger partial charge is 0.231 e. The molecule has 1 aliphatic rings. The largest absolute Gasteiger partial charge is 0.454 e. The highest BCUT2D eigenvalue weighted by atomic mass is 16.7. The maximum Gasteiger partial charge on any atom is 0.231 e. The second-order valence-electron chi connectivity index (χ2n) is 4.40. The van der Waals surface area contributed by atoms with E-state index in [1.807, 2.05) is 25.1 Å². The molecule has 2 heterocycles. The molecule has 0 saturated carbocycles. The third-order valence-electron chi connectivity index (χ3n) is 2.82. The van der Waals surface area contributed by atoms with Crippen LogP contribution in [0.25, 0.3) is 10.8 Å². The molecule has 1 aromatic carbocycles. The molecule has 18 heavy (non-hydrogen) atoms. The lowest BCUT2D eigenvalue weighted by Crippen LogP contribution is -2.04. The molecule has 0 bridgehead atoms. The number of rotatable bonds is 3. The Morgan fingerprint density at radius 2 is 2.17 bits per heavy atom. The summed E-state index contributed by atoms with van der Waals surface area (Å²) in [5.41, 5.74) is 1.06.